The van der Waals surface area contributed by atoms with Crippen molar-refractivity contribution in [2.24, 2.45) is 0 Å². The highest BCUT2D eigenvalue weighted by molar-refractivity contribution is 5.93. The van der Waals surface area contributed by atoms with Crippen LogP contribution >= 0.6 is 0 Å². The van der Waals surface area contributed by atoms with E-state index >= 15 is 0 Å². The monoisotopic (exact) mass is 332 g/mol. The Morgan fingerprint density at radius 1 is 1.04 bits per heavy atom. The van der Waals surface area contributed by atoms with Gasteiger partial charge in [-0.05, 0) is 51.0 Å². The maximum absolute atomic E-state index is 12.7. The summed E-state index contributed by atoms with van der Waals surface area (Å²) in [7, 11) is 0. The fraction of sp³-hybridized carbons (Fsp3) is 0.238. The Kier molecular flexibility index (Phi) is 3.49. The van der Waals surface area contributed by atoms with Crippen molar-refractivity contribution < 1.29 is 4.42 Å². The third-order valence-corrected chi connectivity index (χ3v) is 4.49. The highest BCUT2D eigenvalue weighted by atomic mass is 16.3. The lowest BCUT2D eigenvalue weighted by Gasteiger charge is -2.06. The van der Waals surface area contributed by atoms with Crippen molar-refractivity contribution in [1.82, 2.24) is 9.78 Å². The molecule has 0 saturated heterocycles. The second kappa shape index (κ2) is 5.59. The largest absolute Gasteiger partial charge is 0.454 e. The van der Waals surface area contributed by atoms with Crippen LogP contribution < -0.4 is 5.43 Å². The molecule has 0 bridgehead atoms. The van der Waals surface area contributed by atoms with Gasteiger partial charge in [0, 0.05) is 17.5 Å². The number of hydrogen-bond donors (Lipinski definition) is 0. The van der Waals surface area contributed by atoms with E-state index < -0.39 is 0 Å². The zero-order chi connectivity index (χ0) is 17.7. The fourth-order valence-electron chi connectivity index (χ4n) is 3.39. The molecule has 25 heavy (non-hydrogen) atoms. The average Bonchev–Trinajstić information content (AvgIpc) is 2.95. The van der Waals surface area contributed by atoms with Gasteiger partial charge in [-0.15, -0.1) is 0 Å². The summed E-state index contributed by atoms with van der Waals surface area (Å²) in [5.41, 5.74) is 4.36. The third kappa shape index (κ3) is 2.45. The topological polar surface area (TPSA) is 48.0 Å². The minimum absolute atomic E-state index is 0.0359. The predicted octanol–water partition coefficient (Wildman–Crippen LogP) is 5.01. The van der Waals surface area contributed by atoms with Crippen molar-refractivity contribution in [3.63, 3.8) is 0 Å². The first-order valence-corrected chi connectivity index (χ1v) is 8.48. The number of hydrogen-bond acceptors (Lipinski definition) is 3. The Bertz CT molecular complexity index is 1170. The first-order chi connectivity index (χ1) is 12.0. The van der Waals surface area contributed by atoms with E-state index in [1.807, 2.05) is 54.9 Å². The molecule has 2 aromatic heterocycles. The van der Waals surface area contributed by atoms with Crippen molar-refractivity contribution >= 4 is 21.9 Å². The van der Waals surface area contributed by atoms with E-state index in [-0.39, 0.29) is 11.5 Å². The number of fused-ring (bicyclic) bond motifs is 2. The molecule has 0 aliphatic rings. The van der Waals surface area contributed by atoms with E-state index in [1.54, 1.807) is 6.07 Å². The summed E-state index contributed by atoms with van der Waals surface area (Å²) < 4.78 is 8.11. The maximum Gasteiger partial charge on any atom is 0.193 e. The Hall–Kier alpha value is -2.88. The van der Waals surface area contributed by atoms with Crippen LogP contribution in [0.3, 0.4) is 0 Å². The summed E-state index contributed by atoms with van der Waals surface area (Å²) in [6, 6.07) is 13.7. The van der Waals surface area contributed by atoms with E-state index in [9.17, 15) is 4.79 Å². The van der Waals surface area contributed by atoms with Gasteiger partial charge in [0.1, 0.15) is 11.3 Å². The maximum atomic E-state index is 12.7. The second-order valence-corrected chi connectivity index (χ2v) is 6.84. The standard InChI is InChI=1S/C21H20N2O2/c1-12(2)23-17-8-6-5-7-15(17)20(22-23)19-11-18(24)16-10-13(3)9-14(4)21(16)25-19/h5-12H,1-4H3. The van der Waals surface area contributed by atoms with Crippen molar-refractivity contribution in [3.05, 3.63) is 63.8 Å². The first kappa shape index (κ1) is 15.6. The number of benzene rings is 2. The van der Waals surface area contributed by atoms with Crippen LogP contribution in [-0.2, 0) is 0 Å². The molecule has 4 aromatic rings. The van der Waals surface area contributed by atoms with Crippen LogP contribution in [0.25, 0.3) is 33.3 Å². The zero-order valence-electron chi connectivity index (χ0n) is 14.8. The first-order valence-electron chi connectivity index (χ1n) is 8.48. The molecule has 0 unspecified atom stereocenters. The fourth-order valence-corrected chi connectivity index (χ4v) is 3.39. The number of nitrogens with zero attached hydrogens (tertiary/aromatic N) is 2. The van der Waals surface area contributed by atoms with Gasteiger partial charge >= 0.3 is 0 Å². The van der Waals surface area contributed by atoms with Gasteiger partial charge in [0.15, 0.2) is 11.2 Å². The molecule has 2 heterocycles. The Balaban J connectivity index is 2.06. The van der Waals surface area contributed by atoms with Crippen LogP contribution in [0.1, 0.15) is 31.0 Å². The zero-order valence-corrected chi connectivity index (χ0v) is 14.8. The number of aryl methyl sites for hydroxylation is 2. The van der Waals surface area contributed by atoms with Crippen LogP contribution in [0.5, 0.6) is 0 Å². The van der Waals surface area contributed by atoms with Gasteiger partial charge in [0.25, 0.3) is 0 Å². The molecular weight excluding hydrogens is 312 g/mol. The van der Waals surface area contributed by atoms with E-state index in [4.69, 9.17) is 9.52 Å². The third-order valence-electron chi connectivity index (χ3n) is 4.49. The smallest absolute Gasteiger partial charge is 0.193 e. The van der Waals surface area contributed by atoms with Crippen molar-refractivity contribution in [2.45, 2.75) is 33.7 Å². The molecule has 0 aliphatic heterocycles. The number of rotatable bonds is 2. The quantitative estimate of drug-likeness (QED) is 0.518. The lowest BCUT2D eigenvalue weighted by molar-refractivity contribution is 0.546. The molecule has 4 nitrogen and oxygen atoms in total. The highest BCUT2D eigenvalue weighted by Crippen LogP contribution is 2.31. The van der Waals surface area contributed by atoms with Crippen molar-refractivity contribution in [1.29, 1.82) is 0 Å². The Labute approximate surface area is 145 Å². The average molecular weight is 332 g/mol. The lowest BCUT2D eigenvalue weighted by Crippen LogP contribution is -2.04. The summed E-state index contributed by atoms with van der Waals surface area (Å²) in [6.07, 6.45) is 0. The van der Waals surface area contributed by atoms with E-state index in [0.717, 1.165) is 22.0 Å². The van der Waals surface area contributed by atoms with Gasteiger partial charge in [0.2, 0.25) is 0 Å². The minimum Gasteiger partial charge on any atom is -0.454 e. The molecule has 0 fully saturated rings. The van der Waals surface area contributed by atoms with E-state index in [1.165, 1.54) is 0 Å². The Morgan fingerprint density at radius 2 is 1.80 bits per heavy atom. The molecule has 0 spiro atoms. The van der Waals surface area contributed by atoms with Crippen LogP contribution in [0.2, 0.25) is 0 Å². The van der Waals surface area contributed by atoms with E-state index in [0.29, 0.717) is 22.4 Å². The molecule has 0 atom stereocenters. The summed E-state index contributed by atoms with van der Waals surface area (Å²) in [5, 5.41) is 6.35. The van der Waals surface area contributed by atoms with Crippen LogP contribution in [0.15, 0.2) is 51.7 Å². The van der Waals surface area contributed by atoms with Gasteiger partial charge in [-0.2, -0.15) is 5.10 Å². The van der Waals surface area contributed by atoms with Gasteiger partial charge < -0.3 is 4.42 Å². The molecule has 0 amide bonds. The molecule has 0 saturated carbocycles. The molecule has 2 aromatic carbocycles. The van der Waals surface area contributed by atoms with Crippen molar-refractivity contribution in [3.8, 4) is 11.5 Å². The lowest BCUT2D eigenvalue weighted by atomic mass is 10.1. The number of para-hydroxylation sites is 1. The molecule has 0 radical (unpaired) electrons. The molecule has 0 N–H and O–H groups in total. The molecule has 126 valence electrons. The van der Waals surface area contributed by atoms with Crippen LogP contribution in [0.4, 0.5) is 0 Å². The summed E-state index contributed by atoms with van der Waals surface area (Å²) in [4.78, 5) is 12.7. The molecular formula is C21H20N2O2. The number of aromatic nitrogens is 2. The van der Waals surface area contributed by atoms with E-state index in [2.05, 4.69) is 13.8 Å². The van der Waals surface area contributed by atoms with Gasteiger partial charge in [-0.3, -0.25) is 9.48 Å². The minimum atomic E-state index is -0.0359. The Morgan fingerprint density at radius 3 is 2.56 bits per heavy atom. The highest BCUT2D eigenvalue weighted by Gasteiger charge is 2.17. The second-order valence-electron chi connectivity index (χ2n) is 6.84. The summed E-state index contributed by atoms with van der Waals surface area (Å²) in [6.45, 7) is 8.13. The molecule has 4 rings (SSSR count). The van der Waals surface area contributed by atoms with Crippen molar-refractivity contribution in [2.75, 3.05) is 0 Å². The van der Waals surface area contributed by atoms with Crippen LogP contribution in [-0.4, -0.2) is 9.78 Å². The van der Waals surface area contributed by atoms with Gasteiger partial charge in [-0.25, -0.2) is 0 Å². The summed E-state index contributed by atoms with van der Waals surface area (Å²) >= 11 is 0. The summed E-state index contributed by atoms with van der Waals surface area (Å²) in [5.74, 6) is 0.514. The molecule has 0 aliphatic carbocycles. The normalized spacial score (nSPS) is 11.7. The van der Waals surface area contributed by atoms with Gasteiger partial charge in [-0.1, -0.05) is 24.3 Å². The SMILES string of the molecule is Cc1cc(C)c2oc(-c3nn(C(C)C)c4ccccc34)cc(=O)c2c1. The molecule has 4 heteroatoms. The van der Waals surface area contributed by atoms with Crippen LogP contribution in [0, 0.1) is 13.8 Å². The van der Waals surface area contributed by atoms with Gasteiger partial charge in [0.05, 0.1) is 10.9 Å². The predicted molar refractivity (Wildman–Crippen MR) is 101 cm³/mol.